The van der Waals surface area contributed by atoms with E-state index in [0.29, 0.717) is 0 Å². The maximum atomic E-state index is 5.32. The van der Waals surface area contributed by atoms with Crippen molar-refractivity contribution < 1.29 is 4.74 Å². The molecule has 0 fully saturated rings. The van der Waals surface area contributed by atoms with Gasteiger partial charge in [-0.3, -0.25) is 4.98 Å². The summed E-state index contributed by atoms with van der Waals surface area (Å²) in [6.45, 7) is 7.58. The molecule has 0 aliphatic rings. The van der Waals surface area contributed by atoms with E-state index >= 15 is 0 Å². The van der Waals surface area contributed by atoms with E-state index < -0.39 is 0 Å². The summed E-state index contributed by atoms with van der Waals surface area (Å²) < 4.78 is 5.32. The highest BCUT2D eigenvalue weighted by Gasteiger charge is 2.38. The van der Waals surface area contributed by atoms with Gasteiger partial charge in [0, 0.05) is 11.7 Å². The highest BCUT2D eigenvalue weighted by atomic mass is 16.5. The van der Waals surface area contributed by atoms with Crippen molar-refractivity contribution >= 4 is 0 Å². The van der Waals surface area contributed by atoms with Crippen LogP contribution in [0.3, 0.4) is 0 Å². The summed E-state index contributed by atoms with van der Waals surface area (Å²) >= 11 is 0. The normalized spacial score (nSPS) is 13.6. The molecule has 0 saturated heterocycles. The predicted molar refractivity (Wildman–Crippen MR) is 84.2 cm³/mol. The monoisotopic (exact) mass is 279 g/mol. The van der Waals surface area contributed by atoms with Crippen LogP contribution in [0.5, 0.6) is 5.75 Å². The van der Waals surface area contributed by atoms with Gasteiger partial charge in [-0.05, 0) is 45.1 Å². The summed E-state index contributed by atoms with van der Waals surface area (Å²) in [6.07, 6.45) is 5.85. The Morgan fingerprint density at radius 3 is 2.35 bits per heavy atom. The molecule has 20 heavy (non-hydrogen) atoms. The van der Waals surface area contributed by atoms with Crippen molar-refractivity contribution in [3.8, 4) is 5.75 Å². The third-order valence-corrected chi connectivity index (χ3v) is 4.36. The van der Waals surface area contributed by atoms with E-state index in [9.17, 15) is 0 Å². The summed E-state index contributed by atoms with van der Waals surface area (Å²) in [6, 6.07) is 2.32. The zero-order chi connectivity index (χ0) is 15.2. The van der Waals surface area contributed by atoms with Crippen LogP contribution < -0.4 is 10.1 Å². The minimum Gasteiger partial charge on any atom is -0.495 e. The molecule has 0 aromatic carbocycles. The maximum absolute atomic E-state index is 5.32. The molecule has 1 heterocycles. The van der Waals surface area contributed by atoms with Crippen LogP contribution in [0.15, 0.2) is 18.5 Å². The fourth-order valence-corrected chi connectivity index (χ4v) is 3.08. The Morgan fingerprint density at radius 2 is 1.90 bits per heavy atom. The number of ether oxygens (including phenoxy) is 1. The third-order valence-electron chi connectivity index (χ3n) is 4.36. The number of aromatic nitrogens is 1. The first-order chi connectivity index (χ1) is 9.55. The summed E-state index contributed by atoms with van der Waals surface area (Å²) in [4.78, 5) is 6.65. The molecule has 0 saturated carbocycles. The average molecular weight is 279 g/mol. The number of likely N-dealkylation sites (N-methyl/N-ethyl adjacent to an activating group) is 2. The molecule has 1 aromatic heterocycles. The van der Waals surface area contributed by atoms with Crippen molar-refractivity contribution in [3.05, 3.63) is 24.0 Å². The number of pyridine rings is 1. The SMILES string of the molecule is CCNC(c1cncc(OC)c1)C(CC)(CC)N(C)C. The smallest absolute Gasteiger partial charge is 0.137 e. The van der Waals surface area contributed by atoms with Crippen LogP contribution in [0.2, 0.25) is 0 Å². The molecule has 4 nitrogen and oxygen atoms in total. The van der Waals surface area contributed by atoms with E-state index in [2.05, 4.69) is 56.1 Å². The van der Waals surface area contributed by atoms with E-state index in [1.165, 1.54) is 5.56 Å². The highest BCUT2D eigenvalue weighted by molar-refractivity contribution is 5.28. The molecule has 1 rings (SSSR count). The predicted octanol–water partition coefficient (Wildman–Crippen LogP) is 2.86. The largest absolute Gasteiger partial charge is 0.495 e. The van der Waals surface area contributed by atoms with Crippen LogP contribution in [0.4, 0.5) is 0 Å². The first-order valence-electron chi connectivity index (χ1n) is 7.45. The first kappa shape index (κ1) is 16.9. The second-order valence-electron chi connectivity index (χ2n) is 5.35. The van der Waals surface area contributed by atoms with Gasteiger partial charge in [0.25, 0.3) is 0 Å². The van der Waals surface area contributed by atoms with Crippen LogP contribution in [-0.2, 0) is 0 Å². The Kier molecular flexibility index (Phi) is 6.43. The number of nitrogens with one attached hydrogen (secondary N) is 1. The van der Waals surface area contributed by atoms with Crippen LogP contribution in [0, 0.1) is 0 Å². The van der Waals surface area contributed by atoms with Gasteiger partial charge in [0.05, 0.1) is 19.3 Å². The minimum atomic E-state index is 0.0735. The van der Waals surface area contributed by atoms with Gasteiger partial charge < -0.3 is 15.0 Å². The number of hydrogen-bond acceptors (Lipinski definition) is 4. The molecule has 1 atom stereocenters. The summed E-state index contributed by atoms with van der Waals surface area (Å²) in [5.41, 5.74) is 1.26. The highest BCUT2D eigenvalue weighted by Crippen LogP contribution is 2.36. The van der Waals surface area contributed by atoms with E-state index in [4.69, 9.17) is 4.74 Å². The van der Waals surface area contributed by atoms with Gasteiger partial charge in [-0.1, -0.05) is 20.8 Å². The zero-order valence-corrected chi connectivity index (χ0v) is 13.7. The molecule has 114 valence electrons. The molecule has 0 aliphatic carbocycles. The standard InChI is InChI=1S/C16H29N3O/c1-7-16(8-2,19(4)5)15(18-9-3)13-10-14(20-6)12-17-11-13/h10-12,15,18H,7-9H2,1-6H3. The number of nitrogens with zero attached hydrogens (tertiary/aromatic N) is 2. The summed E-state index contributed by atoms with van der Waals surface area (Å²) in [7, 11) is 6.00. The first-order valence-corrected chi connectivity index (χ1v) is 7.45. The van der Waals surface area contributed by atoms with Gasteiger partial charge in [-0.25, -0.2) is 0 Å². The lowest BCUT2D eigenvalue weighted by molar-refractivity contribution is 0.0886. The summed E-state index contributed by atoms with van der Waals surface area (Å²) in [5.74, 6) is 0.810. The van der Waals surface area contributed by atoms with Crippen molar-refractivity contribution in [2.75, 3.05) is 27.7 Å². The molecular weight excluding hydrogens is 250 g/mol. The molecule has 0 radical (unpaired) electrons. The Hall–Kier alpha value is -1.13. The maximum Gasteiger partial charge on any atom is 0.137 e. The Morgan fingerprint density at radius 1 is 1.25 bits per heavy atom. The molecule has 1 unspecified atom stereocenters. The van der Waals surface area contributed by atoms with Crippen LogP contribution >= 0.6 is 0 Å². The Bertz CT molecular complexity index is 402. The topological polar surface area (TPSA) is 37.4 Å². The summed E-state index contributed by atoms with van der Waals surface area (Å²) in [5, 5.41) is 3.64. The van der Waals surface area contributed by atoms with Gasteiger partial charge in [-0.15, -0.1) is 0 Å². The van der Waals surface area contributed by atoms with Gasteiger partial charge >= 0.3 is 0 Å². The Balaban J connectivity index is 3.26. The minimum absolute atomic E-state index is 0.0735. The number of methoxy groups -OCH3 is 1. The van der Waals surface area contributed by atoms with E-state index in [-0.39, 0.29) is 11.6 Å². The lowest BCUT2D eigenvalue weighted by Crippen LogP contribution is -2.53. The van der Waals surface area contributed by atoms with E-state index in [1.54, 1.807) is 13.3 Å². The molecule has 4 heteroatoms. The van der Waals surface area contributed by atoms with Crippen LogP contribution in [0.1, 0.15) is 45.2 Å². The molecule has 0 amide bonds. The van der Waals surface area contributed by atoms with Gasteiger partial charge in [0.15, 0.2) is 0 Å². The van der Waals surface area contributed by atoms with Crippen LogP contribution in [0.25, 0.3) is 0 Å². The quantitative estimate of drug-likeness (QED) is 0.794. The van der Waals surface area contributed by atoms with Crippen molar-refractivity contribution in [3.63, 3.8) is 0 Å². The molecule has 0 aliphatic heterocycles. The van der Waals surface area contributed by atoms with E-state index in [1.807, 2.05) is 6.20 Å². The van der Waals surface area contributed by atoms with Gasteiger partial charge in [-0.2, -0.15) is 0 Å². The average Bonchev–Trinajstić information content (AvgIpc) is 2.47. The third kappa shape index (κ3) is 3.30. The zero-order valence-electron chi connectivity index (χ0n) is 13.7. The lowest BCUT2D eigenvalue weighted by Gasteiger charge is -2.45. The Labute approximate surface area is 123 Å². The number of rotatable bonds is 8. The fraction of sp³-hybridized carbons (Fsp3) is 0.688. The lowest BCUT2D eigenvalue weighted by atomic mass is 9.80. The molecule has 1 aromatic rings. The molecule has 0 bridgehead atoms. The van der Waals surface area contributed by atoms with Gasteiger partial charge in [0.2, 0.25) is 0 Å². The fourth-order valence-electron chi connectivity index (χ4n) is 3.08. The van der Waals surface area contributed by atoms with Crippen molar-refractivity contribution in [2.24, 2.45) is 0 Å². The van der Waals surface area contributed by atoms with Gasteiger partial charge in [0.1, 0.15) is 5.75 Å². The van der Waals surface area contributed by atoms with Crippen molar-refractivity contribution in [2.45, 2.75) is 45.2 Å². The molecule has 1 N–H and O–H groups in total. The van der Waals surface area contributed by atoms with Crippen molar-refractivity contribution in [1.29, 1.82) is 0 Å². The number of hydrogen-bond donors (Lipinski definition) is 1. The molecular formula is C16H29N3O. The molecule has 0 spiro atoms. The van der Waals surface area contributed by atoms with E-state index in [0.717, 1.165) is 25.1 Å². The van der Waals surface area contributed by atoms with Crippen molar-refractivity contribution in [1.82, 2.24) is 15.2 Å². The second kappa shape index (κ2) is 7.60. The van der Waals surface area contributed by atoms with Crippen LogP contribution in [-0.4, -0.2) is 43.2 Å². The second-order valence-corrected chi connectivity index (χ2v) is 5.35.